The van der Waals surface area contributed by atoms with Crippen molar-refractivity contribution in [2.75, 3.05) is 13.2 Å². The molecule has 0 saturated heterocycles. The standard InChI is InChI=1S/C23H32N2O2/c1-17(2)25(14-5-15-26)23(27)16-18-8-10-19(11-9-18)20-12-13-24-22-7-4-3-6-21(20)22/h3-4,6-7,12-13,17-19,26H,5,8-11,14-16H2,1-2H3. The lowest BCUT2D eigenvalue weighted by molar-refractivity contribution is -0.134. The summed E-state index contributed by atoms with van der Waals surface area (Å²) in [5, 5.41) is 10.3. The second-order valence-corrected chi connectivity index (χ2v) is 8.10. The van der Waals surface area contributed by atoms with Crippen LogP contribution in [0.15, 0.2) is 36.5 Å². The van der Waals surface area contributed by atoms with E-state index in [0.717, 1.165) is 31.2 Å². The van der Waals surface area contributed by atoms with Crippen molar-refractivity contribution >= 4 is 16.8 Å². The van der Waals surface area contributed by atoms with E-state index in [1.165, 1.54) is 10.9 Å². The van der Waals surface area contributed by atoms with Gasteiger partial charge in [-0.25, -0.2) is 0 Å². The summed E-state index contributed by atoms with van der Waals surface area (Å²) >= 11 is 0. The molecule has 0 radical (unpaired) electrons. The van der Waals surface area contributed by atoms with Crippen LogP contribution in [-0.2, 0) is 4.79 Å². The van der Waals surface area contributed by atoms with Gasteiger partial charge in [-0.05, 0) is 75.5 Å². The maximum absolute atomic E-state index is 12.7. The number of para-hydroxylation sites is 1. The summed E-state index contributed by atoms with van der Waals surface area (Å²) in [5.74, 6) is 1.30. The maximum Gasteiger partial charge on any atom is 0.223 e. The van der Waals surface area contributed by atoms with Crippen LogP contribution < -0.4 is 0 Å². The first-order chi connectivity index (χ1) is 13.1. The molecule has 1 N–H and O–H groups in total. The molecule has 1 fully saturated rings. The first kappa shape index (κ1) is 19.8. The van der Waals surface area contributed by atoms with Crippen molar-refractivity contribution in [3.05, 3.63) is 42.1 Å². The largest absolute Gasteiger partial charge is 0.396 e. The second kappa shape index (κ2) is 9.32. The van der Waals surface area contributed by atoms with E-state index >= 15 is 0 Å². The number of amides is 1. The van der Waals surface area contributed by atoms with Crippen molar-refractivity contribution in [3.63, 3.8) is 0 Å². The average molecular weight is 369 g/mol. The van der Waals surface area contributed by atoms with E-state index in [0.29, 0.717) is 31.2 Å². The Labute approximate surface area is 162 Å². The molecule has 1 aliphatic carbocycles. The molecule has 1 aliphatic rings. The summed E-state index contributed by atoms with van der Waals surface area (Å²) < 4.78 is 0. The Morgan fingerprint density at radius 1 is 1.19 bits per heavy atom. The Morgan fingerprint density at radius 2 is 1.93 bits per heavy atom. The Bertz CT molecular complexity index is 746. The van der Waals surface area contributed by atoms with Crippen molar-refractivity contribution in [2.24, 2.45) is 5.92 Å². The van der Waals surface area contributed by atoms with Crippen molar-refractivity contribution in [2.45, 2.75) is 64.3 Å². The molecule has 1 aromatic heterocycles. The summed E-state index contributed by atoms with van der Waals surface area (Å²) in [5.41, 5.74) is 2.49. The molecule has 27 heavy (non-hydrogen) atoms. The monoisotopic (exact) mass is 368 g/mol. The highest BCUT2D eigenvalue weighted by molar-refractivity contribution is 5.82. The summed E-state index contributed by atoms with van der Waals surface area (Å²) in [6, 6.07) is 10.8. The van der Waals surface area contributed by atoms with Crippen LogP contribution in [0.4, 0.5) is 0 Å². The number of carbonyl (C=O) groups is 1. The maximum atomic E-state index is 12.7. The quantitative estimate of drug-likeness (QED) is 0.782. The average Bonchev–Trinajstić information content (AvgIpc) is 2.68. The minimum Gasteiger partial charge on any atom is -0.396 e. The van der Waals surface area contributed by atoms with Gasteiger partial charge in [0.05, 0.1) is 5.52 Å². The summed E-state index contributed by atoms with van der Waals surface area (Å²) in [4.78, 5) is 19.1. The van der Waals surface area contributed by atoms with E-state index < -0.39 is 0 Å². The van der Waals surface area contributed by atoms with Gasteiger partial charge in [-0.2, -0.15) is 0 Å². The molecule has 4 nitrogen and oxygen atoms in total. The third kappa shape index (κ3) is 4.86. The minimum absolute atomic E-state index is 0.140. The molecule has 1 aromatic carbocycles. The Balaban J connectivity index is 1.59. The smallest absolute Gasteiger partial charge is 0.223 e. The van der Waals surface area contributed by atoms with Crippen LogP contribution in [-0.4, -0.2) is 40.1 Å². The van der Waals surface area contributed by atoms with Gasteiger partial charge in [0.25, 0.3) is 0 Å². The van der Waals surface area contributed by atoms with E-state index in [-0.39, 0.29) is 18.6 Å². The molecule has 1 saturated carbocycles. The molecule has 2 aromatic rings. The number of aliphatic hydroxyl groups is 1. The lowest BCUT2D eigenvalue weighted by atomic mass is 9.76. The Hall–Kier alpha value is -1.94. The van der Waals surface area contributed by atoms with Crippen LogP contribution in [0.5, 0.6) is 0 Å². The van der Waals surface area contributed by atoms with Gasteiger partial charge in [0, 0.05) is 37.2 Å². The Morgan fingerprint density at radius 3 is 2.63 bits per heavy atom. The normalized spacial score (nSPS) is 20.1. The number of hydrogen-bond donors (Lipinski definition) is 1. The van der Waals surface area contributed by atoms with Gasteiger partial charge in [0.1, 0.15) is 0 Å². The minimum atomic E-state index is 0.140. The lowest BCUT2D eigenvalue weighted by Crippen LogP contribution is -2.39. The van der Waals surface area contributed by atoms with Crippen molar-refractivity contribution in [1.29, 1.82) is 0 Å². The number of pyridine rings is 1. The highest BCUT2D eigenvalue weighted by Gasteiger charge is 2.27. The fourth-order valence-corrected chi connectivity index (χ4v) is 4.43. The Kier molecular flexibility index (Phi) is 6.84. The van der Waals surface area contributed by atoms with Gasteiger partial charge >= 0.3 is 0 Å². The number of nitrogens with zero attached hydrogens (tertiary/aromatic N) is 2. The molecule has 0 bridgehead atoms. The zero-order valence-electron chi connectivity index (χ0n) is 16.6. The van der Waals surface area contributed by atoms with E-state index in [4.69, 9.17) is 5.11 Å². The zero-order chi connectivity index (χ0) is 19.2. The fraction of sp³-hybridized carbons (Fsp3) is 0.565. The van der Waals surface area contributed by atoms with Crippen LogP contribution in [0.2, 0.25) is 0 Å². The van der Waals surface area contributed by atoms with Gasteiger partial charge in [0.15, 0.2) is 0 Å². The van der Waals surface area contributed by atoms with Crippen LogP contribution in [0, 0.1) is 5.92 Å². The molecular weight excluding hydrogens is 336 g/mol. The predicted octanol–water partition coefficient (Wildman–Crippen LogP) is 4.52. The van der Waals surface area contributed by atoms with Crippen LogP contribution in [0.3, 0.4) is 0 Å². The number of aliphatic hydroxyl groups excluding tert-OH is 1. The summed E-state index contributed by atoms with van der Waals surface area (Å²) in [6.07, 6.45) is 7.74. The van der Waals surface area contributed by atoms with E-state index in [9.17, 15) is 4.79 Å². The SMILES string of the molecule is CC(C)N(CCCO)C(=O)CC1CCC(c2ccnc3ccccc23)CC1. The molecule has 4 heteroatoms. The number of fused-ring (bicyclic) bond motifs is 1. The van der Waals surface area contributed by atoms with Crippen molar-refractivity contribution in [3.8, 4) is 0 Å². The molecule has 3 rings (SSSR count). The van der Waals surface area contributed by atoms with Gasteiger partial charge in [-0.3, -0.25) is 9.78 Å². The molecule has 0 aliphatic heterocycles. The van der Waals surface area contributed by atoms with E-state index in [1.807, 2.05) is 17.2 Å². The number of hydrogen-bond acceptors (Lipinski definition) is 3. The van der Waals surface area contributed by atoms with Gasteiger partial charge in [0.2, 0.25) is 5.91 Å². The molecule has 0 atom stereocenters. The second-order valence-electron chi connectivity index (χ2n) is 8.10. The van der Waals surface area contributed by atoms with Gasteiger partial charge < -0.3 is 10.0 Å². The molecule has 0 spiro atoms. The highest BCUT2D eigenvalue weighted by atomic mass is 16.3. The van der Waals surface area contributed by atoms with Crippen molar-refractivity contribution < 1.29 is 9.90 Å². The lowest BCUT2D eigenvalue weighted by Gasteiger charge is -2.32. The number of aromatic nitrogens is 1. The predicted molar refractivity (Wildman–Crippen MR) is 110 cm³/mol. The summed E-state index contributed by atoms with van der Waals surface area (Å²) in [6.45, 7) is 4.91. The number of benzene rings is 1. The van der Waals surface area contributed by atoms with Crippen LogP contribution in [0.25, 0.3) is 10.9 Å². The highest BCUT2D eigenvalue weighted by Crippen LogP contribution is 2.39. The van der Waals surface area contributed by atoms with Crippen LogP contribution >= 0.6 is 0 Å². The molecule has 1 amide bonds. The molecular formula is C23H32N2O2. The third-order valence-corrected chi connectivity index (χ3v) is 5.93. The number of rotatable bonds is 7. The molecule has 146 valence electrons. The fourth-order valence-electron chi connectivity index (χ4n) is 4.43. The van der Waals surface area contributed by atoms with E-state index in [1.54, 1.807) is 0 Å². The van der Waals surface area contributed by atoms with E-state index in [2.05, 4.69) is 43.1 Å². The topological polar surface area (TPSA) is 53.4 Å². The zero-order valence-corrected chi connectivity index (χ0v) is 16.6. The van der Waals surface area contributed by atoms with Gasteiger partial charge in [-0.1, -0.05) is 18.2 Å². The van der Waals surface area contributed by atoms with Crippen molar-refractivity contribution in [1.82, 2.24) is 9.88 Å². The molecule has 0 unspecified atom stereocenters. The first-order valence-corrected chi connectivity index (χ1v) is 10.3. The number of carbonyl (C=O) groups excluding carboxylic acids is 1. The van der Waals surface area contributed by atoms with Gasteiger partial charge in [-0.15, -0.1) is 0 Å². The van der Waals surface area contributed by atoms with Crippen LogP contribution in [0.1, 0.15) is 63.9 Å². The first-order valence-electron chi connectivity index (χ1n) is 10.3. The third-order valence-electron chi connectivity index (χ3n) is 5.93. The summed E-state index contributed by atoms with van der Waals surface area (Å²) in [7, 11) is 0. The molecule has 1 heterocycles.